The van der Waals surface area contributed by atoms with Crippen LogP contribution in [0.3, 0.4) is 0 Å². The number of carbonyl (C=O) groups is 1. The number of rotatable bonds is 7. The van der Waals surface area contributed by atoms with E-state index in [1.807, 2.05) is 12.1 Å². The number of para-hydroxylation sites is 1. The first-order valence-electron chi connectivity index (χ1n) is 10.3. The van der Waals surface area contributed by atoms with Crippen LogP contribution in [0.15, 0.2) is 52.4 Å². The molecule has 2 heterocycles. The Morgan fingerprint density at radius 3 is 2.94 bits per heavy atom. The summed E-state index contributed by atoms with van der Waals surface area (Å²) in [7, 11) is 0. The third-order valence-corrected chi connectivity index (χ3v) is 6.27. The Balaban J connectivity index is 1.47. The van der Waals surface area contributed by atoms with E-state index in [1.165, 1.54) is 17.8 Å². The first kappa shape index (κ1) is 21.5. The molecule has 162 valence electrons. The number of amides is 1. The van der Waals surface area contributed by atoms with Crippen molar-refractivity contribution in [2.45, 2.75) is 44.1 Å². The Hall–Kier alpha value is -2.71. The van der Waals surface area contributed by atoms with Crippen LogP contribution in [-0.4, -0.2) is 33.9 Å². The Morgan fingerprint density at radius 2 is 2.16 bits per heavy atom. The van der Waals surface area contributed by atoms with Crippen molar-refractivity contribution in [2.75, 3.05) is 12.4 Å². The van der Waals surface area contributed by atoms with E-state index < -0.39 is 0 Å². The van der Waals surface area contributed by atoms with Crippen LogP contribution >= 0.6 is 11.8 Å². The number of benzene rings is 2. The van der Waals surface area contributed by atoms with Gasteiger partial charge in [-0.15, -0.1) is 0 Å². The molecule has 1 atom stereocenters. The fourth-order valence-corrected chi connectivity index (χ4v) is 4.38. The lowest BCUT2D eigenvalue weighted by molar-refractivity contribution is -0.118. The van der Waals surface area contributed by atoms with Crippen LogP contribution in [0.1, 0.15) is 24.0 Å². The second-order valence-electron chi connectivity index (χ2n) is 7.61. The Morgan fingerprint density at radius 1 is 1.32 bits per heavy atom. The van der Waals surface area contributed by atoms with Gasteiger partial charge in [0.25, 0.3) is 5.56 Å². The predicted octanol–water partition coefficient (Wildman–Crippen LogP) is 3.43. The lowest BCUT2D eigenvalue weighted by atomic mass is 10.1. The van der Waals surface area contributed by atoms with Gasteiger partial charge in [0.05, 0.1) is 29.3 Å². The molecule has 1 fully saturated rings. The maximum atomic E-state index is 13.7. The van der Waals surface area contributed by atoms with Crippen molar-refractivity contribution in [1.29, 1.82) is 0 Å². The van der Waals surface area contributed by atoms with Gasteiger partial charge < -0.3 is 10.1 Å². The van der Waals surface area contributed by atoms with E-state index in [9.17, 15) is 14.0 Å². The van der Waals surface area contributed by atoms with Gasteiger partial charge in [0.15, 0.2) is 5.16 Å². The zero-order valence-corrected chi connectivity index (χ0v) is 18.1. The Bertz CT molecular complexity index is 1160. The van der Waals surface area contributed by atoms with Gasteiger partial charge >= 0.3 is 0 Å². The molecule has 6 nitrogen and oxygen atoms in total. The number of aromatic nitrogens is 2. The highest BCUT2D eigenvalue weighted by Gasteiger charge is 2.20. The maximum absolute atomic E-state index is 13.7. The maximum Gasteiger partial charge on any atom is 0.262 e. The fraction of sp³-hybridized carbons (Fsp3) is 0.348. The summed E-state index contributed by atoms with van der Waals surface area (Å²) in [6, 6.07) is 12.1. The summed E-state index contributed by atoms with van der Waals surface area (Å²) in [5.41, 5.74) is 1.74. The monoisotopic (exact) mass is 441 g/mol. The minimum Gasteiger partial charge on any atom is -0.376 e. The van der Waals surface area contributed by atoms with Crippen LogP contribution < -0.4 is 10.9 Å². The number of ether oxygens (including phenoxy) is 1. The number of carbonyl (C=O) groups excluding carboxylic acids is 1. The van der Waals surface area contributed by atoms with Gasteiger partial charge in [0.2, 0.25) is 5.91 Å². The number of hydrogen-bond donors (Lipinski definition) is 1. The number of nitrogens with zero attached hydrogens (tertiary/aromatic N) is 2. The molecule has 1 unspecified atom stereocenters. The number of halogens is 1. The van der Waals surface area contributed by atoms with Crippen molar-refractivity contribution in [1.82, 2.24) is 14.9 Å². The average molecular weight is 442 g/mol. The quantitative estimate of drug-likeness (QED) is 0.449. The minimum atomic E-state index is -0.292. The lowest BCUT2D eigenvalue weighted by Gasteiger charge is -2.16. The molecular formula is C23H24FN3O3S. The number of hydrogen-bond acceptors (Lipinski definition) is 5. The number of aryl methyl sites for hydroxylation is 1. The molecule has 1 aliphatic rings. The van der Waals surface area contributed by atoms with Crippen LogP contribution in [0.4, 0.5) is 4.39 Å². The summed E-state index contributed by atoms with van der Waals surface area (Å²) in [6.45, 7) is 3.06. The van der Waals surface area contributed by atoms with Crippen LogP contribution in [0.25, 0.3) is 10.9 Å². The smallest absolute Gasteiger partial charge is 0.262 e. The lowest BCUT2D eigenvalue weighted by Crippen LogP contribution is -2.30. The van der Waals surface area contributed by atoms with Gasteiger partial charge in [0.1, 0.15) is 5.82 Å². The summed E-state index contributed by atoms with van der Waals surface area (Å²) >= 11 is 1.22. The number of fused-ring (bicyclic) bond motifs is 1. The zero-order chi connectivity index (χ0) is 21.8. The molecule has 1 aromatic heterocycles. The Kier molecular flexibility index (Phi) is 6.67. The van der Waals surface area contributed by atoms with E-state index in [1.54, 1.807) is 35.8 Å². The molecule has 0 aliphatic carbocycles. The molecule has 4 rings (SSSR count). The molecule has 1 aliphatic heterocycles. The van der Waals surface area contributed by atoms with E-state index in [4.69, 9.17) is 4.74 Å². The summed E-state index contributed by atoms with van der Waals surface area (Å²) in [5.74, 6) is -0.401. The van der Waals surface area contributed by atoms with Crippen molar-refractivity contribution >= 4 is 28.6 Å². The standard InChI is InChI=1S/C23H24FN3O3S/c1-15-8-9-16(11-19(15)24)12-25-21(28)14-31-23-26-20-7-3-2-6-18(20)22(29)27(23)13-17-5-4-10-30-17/h2-3,6-9,11,17H,4-5,10,12-14H2,1H3,(H,25,28). The highest BCUT2D eigenvalue weighted by atomic mass is 32.2. The van der Waals surface area contributed by atoms with E-state index in [0.29, 0.717) is 40.3 Å². The van der Waals surface area contributed by atoms with Crippen molar-refractivity contribution < 1.29 is 13.9 Å². The van der Waals surface area contributed by atoms with Crippen LogP contribution in [0.2, 0.25) is 0 Å². The summed E-state index contributed by atoms with van der Waals surface area (Å²) < 4.78 is 21.0. The third-order valence-electron chi connectivity index (χ3n) is 5.30. The molecule has 0 spiro atoms. The number of nitrogens with one attached hydrogen (secondary N) is 1. The van der Waals surface area contributed by atoms with E-state index in [-0.39, 0.29) is 35.7 Å². The molecule has 0 radical (unpaired) electrons. The molecule has 0 bridgehead atoms. The highest BCUT2D eigenvalue weighted by Crippen LogP contribution is 2.21. The molecule has 1 saturated heterocycles. The van der Waals surface area contributed by atoms with Crippen molar-refractivity contribution in [3.8, 4) is 0 Å². The second-order valence-corrected chi connectivity index (χ2v) is 8.55. The highest BCUT2D eigenvalue weighted by molar-refractivity contribution is 7.99. The second kappa shape index (κ2) is 9.62. The van der Waals surface area contributed by atoms with Gasteiger partial charge in [-0.25, -0.2) is 9.37 Å². The summed E-state index contributed by atoms with van der Waals surface area (Å²) in [6.07, 6.45) is 1.85. The first-order chi connectivity index (χ1) is 15.0. The Labute approximate surface area is 183 Å². The fourth-order valence-electron chi connectivity index (χ4n) is 3.54. The minimum absolute atomic E-state index is 0.0229. The molecule has 0 saturated carbocycles. The summed E-state index contributed by atoms with van der Waals surface area (Å²) in [4.78, 5) is 30.1. The molecule has 3 aromatic rings. The van der Waals surface area contributed by atoms with Crippen molar-refractivity contribution in [3.05, 3.63) is 69.8 Å². The van der Waals surface area contributed by atoms with Crippen molar-refractivity contribution in [2.24, 2.45) is 0 Å². The molecule has 1 amide bonds. The van der Waals surface area contributed by atoms with Gasteiger partial charge in [-0.3, -0.25) is 14.2 Å². The molecule has 31 heavy (non-hydrogen) atoms. The number of thioether (sulfide) groups is 1. The normalized spacial score (nSPS) is 16.0. The van der Waals surface area contributed by atoms with Crippen LogP contribution in [0.5, 0.6) is 0 Å². The third kappa shape index (κ3) is 5.14. The zero-order valence-electron chi connectivity index (χ0n) is 17.3. The SMILES string of the molecule is Cc1ccc(CNC(=O)CSc2nc3ccccc3c(=O)n2CC2CCCO2)cc1F. The van der Waals surface area contributed by atoms with E-state index in [2.05, 4.69) is 10.3 Å². The van der Waals surface area contributed by atoms with E-state index in [0.717, 1.165) is 12.8 Å². The first-order valence-corrected chi connectivity index (χ1v) is 11.3. The topological polar surface area (TPSA) is 73.2 Å². The summed E-state index contributed by atoms with van der Waals surface area (Å²) in [5, 5.41) is 3.84. The predicted molar refractivity (Wildman–Crippen MR) is 119 cm³/mol. The van der Waals surface area contributed by atoms with Crippen molar-refractivity contribution in [3.63, 3.8) is 0 Å². The van der Waals surface area contributed by atoms with Gasteiger partial charge in [-0.2, -0.15) is 0 Å². The van der Waals surface area contributed by atoms with Gasteiger partial charge in [-0.1, -0.05) is 36.0 Å². The van der Waals surface area contributed by atoms with Gasteiger partial charge in [0, 0.05) is 13.2 Å². The van der Waals surface area contributed by atoms with E-state index >= 15 is 0 Å². The molecular weight excluding hydrogens is 417 g/mol. The largest absolute Gasteiger partial charge is 0.376 e. The molecule has 8 heteroatoms. The van der Waals surface area contributed by atoms with Crippen LogP contribution in [0, 0.1) is 12.7 Å². The average Bonchev–Trinajstić information content (AvgIpc) is 3.28. The molecule has 1 N–H and O–H groups in total. The van der Waals surface area contributed by atoms with Gasteiger partial charge in [-0.05, 0) is 49.1 Å². The van der Waals surface area contributed by atoms with Crippen LogP contribution in [-0.2, 0) is 22.6 Å². The molecule has 2 aromatic carbocycles.